The highest BCUT2D eigenvalue weighted by molar-refractivity contribution is 5.90. The number of carbonyl (C=O) groups is 3. The summed E-state index contributed by atoms with van der Waals surface area (Å²) in [6.07, 6.45) is 1.94. The fourth-order valence-electron chi connectivity index (χ4n) is 2.28. The van der Waals surface area contributed by atoms with Crippen molar-refractivity contribution in [1.82, 2.24) is 10.2 Å². The summed E-state index contributed by atoms with van der Waals surface area (Å²) in [7, 11) is 0. The molecule has 2 N–H and O–H groups in total. The number of nitrogens with zero attached hydrogens (tertiary/aromatic N) is 1. The standard InChI is InChI=1S/C14H24N2O4/c1-14(2,3)13(20)16-9-5-6-10(16)12(19)15-8-4-7-11(17)18/h10H,4-9H2,1-3H3,(H,15,19)(H,17,18). The first-order chi connectivity index (χ1) is 9.23. The van der Waals surface area contributed by atoms with E-state index < -0.39 is 17.4 Å². The van der Waals surface area contributed by atoms with Gasteiger partial charge < -0.3 is 15.3 Å². The average molecular weight is 284 g/mol. The second kappa shape index (κ2) is 6.72. The Balaban J connectivity index is 2.50. The van der Waals surface area contributed by atoms with Gasteiger partial charge in [-0.3, -0.25) is 14.4 Å². The lowest BCUT2D eigenvalue weighted by molar-refractivity contribution is -0.144. The first kappa shape index (κ1) is 16.5. The van der Waals surface area contributed by atoms with E-state index in [2.05, 4.69) is 5.32 Å². The maximum Gasteiger partial charge on any atom is 0.303 e. The van der Waals surface area contributed by atoms with Crippen LogP contribution in [0.25, 0.3) is 0 Å². The Bertz CT molecular complexity index is 387. The van der Waals surface area contributed by atoms with Crippen LogP contribution in [0.2, 0.25) is 0 Å². The molecule has 1 rings (SSSR count). The molecule has 0 aromatic carbocycles. The van der Waals surface area contributed by atoms with Crippen LogP contribution in [0.1, 0.15) is 46.5 Å². The lowest BCUT2D eigenvalue weighted by atomic mass is 9.94. The van der Waals surface area contributed by atoms with Gasteiger partial charge in [0, 0.05) is 24.9 Å². The number of likely N-dealkylation sites (tertiary alicyclic amines) is 1. The van der Waals surface area contributed by atoms with Crippen LogP contribution >= 0.6 is 0 Å². The molecule has 0 aliphatic carbocycles. The fourth-order valence-corrected chi connectivity index (χ4v) is 2.28. The number of nitrogens with one attached hydrogen (secondary N) is 1. The van der Waals surface area contributed by atoms with Crippen molar-refractivity contribution < 1.29 is 19.5 Å². The molecule has 1 atom stereocenters. The lowest BCUT2D eigenvalue weighted by Gasteiger charge is -2.30. The SMILES string of the molecule is CC(C)(C)C(=O)N1CCCC1C(=O)NCCCC(=O)O. The average Bonchev–Trinajstić information content (AvgIpc) is 2.80. The van der Waals surface area contributed by atoms with E-state index in [4.69, 9.17) is 5.11 Å². The number of rotatable bonds is 5. The minimum Gasteiger partial charge on any atom is -0.481 e. The molecule has 6 nitrogen and oxygen atoms in total. The normalized spacial score (nSPS) is 18.9. The van der Waals surface area contributed by atoms with E-state index in [0.29, 0.717) is 25.9 Å². The van der Waals surface area contributed by atoms with Gasteiger partial charge >= 0.3 is 5.97 Å². The molecule has 1 aliphatic heterocycles. The molecule has 1 saturated heterocycles. The molecular weight excluding hydrogens is 260 g/mol. The van der Waals surface area contributed by atoms with Gasteiger partial charge in [0.15, 0.2) is 0 Å². The molecule has 0 aromatic rings. The lowest BCUT2D eigenvalue weighted by Crippen LogP contribution is -2.49. The molecule has 1 unspecified atom stereocenters. The smallest absolute Gasteiger partial charge is 0.303 e. The quantitative estimate of drug-likeness (QED) is 0.737. The monoisotopic (exact) mass is 284 g/mol. The molecule has 1 heterocycles. The molecule has 0 radical (unpaired) electrons. The van der Waals surface area contributed by atoms with Crippen LogP contribution in [0.5, 0.6) is 0 Å². The Morgan fingerprint density at radius 3 is 2.50 bits per heavy atom. The van der Waals surface area contributed by atoms with E-state index in [0.717, 1.165) is 6.42 Å². The van der Waals surface area contributed by atoms with Crippen LogP contribution in [0.15, 0.2) is 0 Å². The third-order valence-electron chi connectivity index (χ3n) is 3.32. The van der Waals surface area contributed by atoms with Crippen LogP contribution in [-0.4, -0.2) is 46.9 Å². The van der Waals surface area contributed by atoms with Gasteiger partial charge in [0.05, 0.1) is 0 Å². The summed E-state index contributed by atoms with van der Waals surface area (Å²) < 4.78 is 0. The van der Waals surface area contributed by atoms with Crippen molar-refractivity contribution in [2.24, 2.45) is 5.41 Å². The van der Waals surface area contributed by atoms with E-state index in [1.165, 1.54) is 0 Å². The molecule has 0 bridgehead atoms. The molecule has 0 aromatic heterocycles. The molecule has 114 valence electrons. The maximum absolute atomic E-state index is 12.3. The number of carboxylic acid groups (broad SMARTS) is 1. The first-order valence-electron chi connectivity index (χ1n) is 7.04. The maximum atomic E-state index is 12.3. The highest BCUT2D eigenvalue weighted by Crippen LogP contribution is 2.25. The Morgan fingerprint density at radius 2 is 1.95 bits per heavy atom. The molecule has 20 heavy (non-hydrogen) atoms. The second-order valence-electron chi connectivity index (χ2n) is 6.19. The van der Waals surface area contributed by atoms with E-state index in [9.17, 15) is 14.4 Å². The van der Waals surface area contributed by atoms with E-state index in [1.54, 1.807) is 4.90 Å². The van der Waals surface area contributed by atoms with Crippen LogP contribution in [0, 0.1) is 5.41 Å². The predicted molar refractivity (Wildman–Crippen MR) is 74.1 cm³/mol. The molecule has 1 fully saturated rings. The third-order valence-corrected chi connectivity index (χ3v) is 3.32. The predicted octanol–water partition coefficient (Wildman–Crippen LogP) is 1.00. The first-order valence-corrected chi connectivity index (χ1v) is 7.04. The zero-order valence-electron chi connectivity index (χ0n) is 12.4. The molecule has 6 heteroatoms. The highest BCUT2D eigenvalue weighted by atomic mass is 16.4. The van der Waals surface area contributed by atoms with Crippen molar-refractivity contribution in [3.63, 3.8) is 0 Å². The molecule has 2 amide bonds. The van der Waals surface area contributed by atoms with Gasteiger partial charge in [-0.15, -0.1) is 0 Å². The number of hydrogen-bond donors (Lipinski definition) is 2. The topological polar surface area (TPSA) is 86.7 Å². The van der Waals surface area contributed by atoms with E-state index in [1.807, 2.05) is 20.8 Å². The van der Waals surface area contributed by atoms with Gasteiger partial charge in [-0.2, -0.15) is 0 Å². The third kappa shape index (κ3) is 4.51. The van der Waals surface area contributed by atoms with Gasteiger partial charge in [-0.1, -0.05) is 20.8 Å². The Labute approximate surface area is 119 Å². The highest BCUT2D eigenvalue weighted by Gasteiger charge is 2.38. The fraction of sp³-hybridized carbons (Fsp3) is 0.786. The molecule has 1 aliphatic rings. The summed E-state index contributed by atoms with van der Waals surface area (Å²) in [4.78, 5) is 36.4. The Morgan fingerprint density at radius 1 is 1.30 bits per heavy atom. The zero-order valence-corrected chi connectivity index (χ0v) is 12.4. The van der Waals surface area contributed by atoms with Crippen molar-refractivity contribution in [3.8, 4) is 0 Å². The second-order valence-corrected chi connectivity index (χ2v) is 6.19. The van der Waals surface area contributed by atoms with Crippen LogP contribution in [0.3, 0.4) is 0 Å². The zero-order chi connectivity index (χ0) is 15.3. The molecule has 0 spiro atoms. The minimum atomic E-state index is -0.871. The summed E-state index contributed by atoms with van der Waals surface area (Å²) in [6, 6.07) is -0.411. The van der Waals surface area contributed by atoms with Crippen molar-refractivity contribution in [1.29, 1.82) is 0 Å². The Kier molecular flexibility index (Phi) is 5.53. The molecular formula is C14H24N2O4. The number of carboxylic acids is 1. The summed E-state index contributed by atoms with van der Waals surface area (Å²) in [5, 5.41) is 11.2. The van der Waals surface area contributed by atoms with Gasteiger partial charge in [0.2, 0.25) is 11.8 Å². The Hall–Kier alpha value is -1.59. The van der Waals surface area contributed by atoms with Crippen molar-refractivity contribution in [2.45, 2.75) is 52.5 Å². The van der Waals surface area contributed by atoms with Crippen molar-refractivity contribution >= 4 is 17.8 Å². The molecule has 0 saturated carbocycles. The van der Waals surface area contributed by atoms with Gasteiger partial charge in [0.25, 0.3) is 0 Å². The number of carbonyl (C=O) groups excluding carboxylic acids is 2. The van der Waals surface area contributed by atoms with Crippen LogP contribution < -0.4 is 5.32 Å². The summed E-state index contributed by atoms with van der Waals surface area (Å²) in [5.41, 5.74) is -0.494. The van der Waals surface area contributed by atoms with Gasteiger partial charge in [0.1, 0.15) is 6.04 Å². The summed E-state index contributed by atoms with van der Waals surface area (Å²) >= 11 is 0. The number of hydrogen-bond acceptors (Lipinski definition) is 3. The van der Waals surface area contributed by atoms with Crippen LogP contribution in [0.4, 0.5) is 0 Å². The largest absolute Gasteiger partial charge is 0.481 e. The van der Waals surface area contributed by atoms with Gasteiger partial charge in [-0.25, -0.2) is 0 Å². The number of amides is 2. The van der Waals surface area contributed by atoms with Gasteiger partial charge in [-0.05, 0) is 19.3 Å². The van der Waals surface area contributed by atoms with Crippen molar-refractivity contribution in [2.75, 3.05) is 13.1 Å². The summed E-state index contributed by atoms with van der Waals surface area (Å²) in [5.74, 6) is -1.06. The van der Waals surface area contributed by atoms with Crippen LogP contribution in [-0.2, 0) is 14.4 Å². The summed E-state index contributed by atoms with van der Waals surface area (Å²) in [6.45, 7) is 6.48. The number of aliphatic carboxylic acids is 1. The minimum absolute atomic E-state index is 0.0133. The van der Waals surface area contributed by atoms with E-state index >= 15 is 0 Å². The van der Waals surface area contributed by atoms with E-state index in [-0.39, 0.29) is 18.2 Å². The van der Waals surface area contributed by atoms with Crippen molar-refractivity contribution in [3.05, 3.63) is 0 Å².